The molecule has 0 aliphatic heterocycles. The van der Waals surface area contributed by atoms with Crippen LogP contribution in [0, 0.1) is 0 Å². The first-order chi connectivity index (χ1) is 10.3. The number of hydrogen-bond donors (Lipinski definition) is 0. The fraction of sp³-hybridized carbons (Fsp3) is 0.105. The van der Waals surface area contributed by atoms with E-state index in [0.29, 0.717) is 6.42 Å². The van der Waals surface area contributed by atoms with Gasteiger partial charge in [-0.3, -0.25) is 4.98 Å². The molecular weight excluding hydrogens is 258 g/mol. The average Bonchev–Trinajstić information content (AvgIpc) is 2.56. The van der Waals surface area contributed by atoms with Gasteiger partial charge >= 0.3 is 0 Å². The van der Waals surface area contributed by atoms with Crippen molar-refractivity contribution in [2.45, 2.75) is 12.5 Å². The molecule has 1 radical (unpaired) electrons. The van der Waals surface area contributed by atoms with E-state index < -0.39 is 6.10 Å². The molecule has 0 amide bonds. The largest absolute Gasteiger partial charge is 0.264 e. The Kier molecular flexibility index (Phi) is 4.08. The van der Waals surface area contributed by atoms with Gasteiger partial charge < -0.3 is 0 Å². The van der Waals surface area contributed by atoms with Gasteiger partial charge in [-0.25, -0.2) is 5.11 Å². The molecule has 0 aliphatic rings. The van der Waals surface area contributed by atoms with E-state index in [2.05, 4.69) is 4.98 Å². The van der Waals surface area contributed by atoms with E-state index in [1.54, 1.807) is 12.4 Å². The van der Waals surface area contributed by atoms with Crippen molar-refractivity contribution >= 4 is 0 Å². The molecule has 1 atom stereocenters. The summed E-state index contributed by atoms with van der Waals surface area (Å²) < 4.78 is 0. The lowest BCUT2D eigenvalue weighted by Gasteiger charge is -2.14. The first-order valence-electron chi connectivity index (χ1n) is 7.03. The third kappa shape index (κ3) is 3.18. The van der Waals surface area contributed by atoms with Crippen LogP contribution in [0.4, 0.5) is 0 Å². The van der Waals surface area contributed by atoms with Crippen LogP contribution in [0.3, 0.4) is 0 Å². The topological polar surface area (TPSA) is 32.8 Å². The normalized spacial score (nSPS) is 12.0. The van der Waals surface area contributed by atoms with E-state index in [1.807, 2.05) is 66.7 Å². The molecular formula is C19H16NO. The van der Waals surface area contributed by atoms with Crippen molar-refractivity contribution in [2.75, 3.05) is 0 Å². The molecule has 2 nitrogen and oxygen atoms in total. The Hall–Kier alpha value is -2.45. The second-order valence-electron chi connectivity index (χ2n) is 5.01. The molecule has 0 saturated heterocycles. The summed E-state index contributed by atoms with van der Waals surface area (Å²) in [4.78, 5) is 4.07. The maximum absolute atomic E-state index is 12.7. The Morgan fingerprint density at radius 2 is 1.62 bits per heavy atom. The fourth-order valence-corrected chi connectivity index (χ4v) is 2.50. The Labute approximate surface area is 124 Å². The molecule has 1 unspecified atom stereocenters. The summed E-state index contributed by atoms with van der Waals surface area (Å²) in [6, 6.07) is 21.7. The van der Waals surface area contributed by atoms with E-state index in [4.69, 9.17) is 0 Å². The lowest BCUT2D eigenvalue weighted by Crippen LogP contribution is -2.02. The van der Waals surface area contributed by atoms with Crippen LogP contribution in [0.1, 0.15) is 17.2 Å². The Morgan fingerprint density at radius 3 is 2.38 bits per heavy atom. The van der Waals surface area contributed by atoms with Gasteiger partial charge in [-0.2, -0.15) is 0 Å². The van der Waals surface area contributed by atoms with Gasteiger partial charge in [0.2, 0.25) is 0 Å². The van der Waals surface area contributed by atoms with Crippen LogP contribution < -0.4 is 0 Å². The van der Waals surface area contributed by atoms with E-state index in [0.717, 1.165) is 22.3 Å². The van der Waals surface area contributed by atoms with Crippen LogP contribution in [0.5, 0.6) is 0 Å². The minimum atomic E-state index is -0.786. The van der Waals surface area contributed by atoms with E-state index >= 15 is 0 Å². The SMILES string of the molecule is [O]C(Cc1cccnc1)c1ccccc1-c1ccccc1. The molecule has 0 saturated carbocycles. The Balaban J connectivity index is 1.92. The van der Waals surface area contributed by atoms with Crippen molar-refractivity contribution < 1.29 is 5.11 Å². The first-order valence-corrected chi connectivity index (χ1v) is 7.03. The standard InChI is InChI=1S/C19H16NO/c21-19(13-15-7-6-12-20-14-15)18-11-5-4-10-17(18)16-8-2-1-3-9-16/h1-12,14,19H,13H2. The lowest BCUT2D eigenvalue weighted by atomic mass is 9.93. The summed E-state index contributed by atoms with van der Waals surface area (Å²) in [5, 5.41) is 12.7. The molecule has 2 aromatic carbocycles. The van der Waals surface area contributed by atoms with Gasteiger partial charge in [0, 0.05) is 18.8 Å². The smallest absolute Gasteiger partial charge is 0.123 e. The number of nitrogens with zero attached hydrogens (tertiary/aromatic N) is 1. The van der Waals surface area contributed by atoms with Gasteiger partial charge in [0.1, 0.15) is 6.10 Å². The zero-order valence-corrected chi connectivity index (χ0v) is 11.6. The van der Waals surface area contributed by atoms with Crippen molar-refractivity contribution in [3.05, 3.63) is 90.3 Å². The maximum Gasteiger partial charge on any atom is 0.123 e. The fourth-order valence-electron chi connectivity index (χ4n) is 2.50. The number of hydrogen-bond acceptors (Lipinski definition) is 1. The van der Waals surface area contributed by atoms with Gasteiger partial charge in [0.05, 0.1) is 0 Å². The minimum absolute atomic E-state index is 0.456. The number of pyridine rings is 1. The minimum Gasteiger partial charge on any atom is -0.264 e. The van der Waals surface area contributed by atoms with Gasteiger partial charge in [-0.1, -0.05) is 60.7 Å². The molecule has 3 rings (SSSR count). The second kappa shape index (κ2) is 6.33. The summed E-state index contributed by atoms with van der Waals surface area (Å²) in [6.45, 7) is 0. The van der Waals surface area contributed by atoms with Crippen molar-refractivity contribution in [3.8, 4) is 11.1 Å². The van der Waals surface area contributed by atoms with Crippen LogP contribution >= 0.6 is 0 Å². The van der Waals surface area contributed by atoms with E-state index in [1.165, 1.54) is 0 Å². The summed E-state index contributed by atoms with van der Waals surface area (Å²) in [5.74, 6) is 0. The quantitative estimate of drug-likeness (QED) is 0.691. The molecule has 0 spiro atoms. The third-order valence-corrected chi connectivity index (χ3v) is 3.54. The van der Waals surface area contributed by atoms with Crippen molar-refractivity contribution in [1.29, 1.82) is 0 Å². The predicted molar refractivity (Wildman–Crippen MR) is 83.2 cm³/mol. The molecule has 0 bridgehead atoms. The molecule has 3 aromatic rings. The summed E-state index contributed by atoms with van der Waals surface area (Å²) >= 11 is 0. The molecule has 0 fully saturated rings. The zero-order valence-electron chi connectivity index (χ0n) is 11.6. The molecule has 1 aromatic heterocycles. The molecule has 2 heteroatoms. The van der Waals surface area contributed by atoms with Crippen LogP contribution in [-0.2, 0) is 11.5 Å². The maximum atomic E-state index is 12.7. The molecule has 0 N–H and O–H groups in total. The van der Waals surface area contributed by atoms with E-state index in [-0.39, 0.29) is 0 Å². The predicted octanol–water partition coefficient (Wildman–Crippen LogP) is 4.46. The number of rotatable bonds is 4. The van der Waals surface area contributed by atoms with Crippen molar-refractivity contribution in [1.82, 2.24) is 4.98 Å². The molecule has 1 heterocycles. The Morgan fingerprint density at radius 1 is 0.857 bits per heavy atom. The van der Waals surface area contributed by atoms with Gasteiger partial charge in [0.15, 0.2) is 0 Å². The van der Waals surface area contributed by atoms with Crippen LogP contribution in [0.25, 0.3) is 11.1 Å². The summed E-state index contributed by atoms with van der Waals surface area (Å²) in [5.41, 5.74) is 3.91. The van der Waals surface area contributed by atoms with Crippen molar-refractivity contribution in [2.24, 2.45) is 0 Å². The lowest BCUT2D eigenvalue weighted by molar-refractivity contribution is 0.0898. The monoisotopic (exact) mass is 274 g/mol. The highest BCUT2D eigenvalue weighted by atomic mass is 16.3. The highest BCUT2D eigenvalue weighted by Gasteiger charge is 2.15. The molecule has 21 heavy (non-hydrogen) atoms. The first kappa shape index (κ1) is 13.5. The van der Waals surface area contributed by atoms with Gasteiger partial charge in [-0.15, -0.1) is 0 Å². The number of benzene rings is 2. The third-order valence-electron chi connectivity index (χ3n) is 3.54. The average molecular weight is 274 g/mol. The summed E-state index contributed by atoms with van der Waals surface area (Å²) in [6.07, 6.45) is 3.15. The van der Waals surface area contributed by atoms with Crippen LogP contribution in [0.2, 0.25) is 0 Å². The summed E-state index contributed by atoms with van der Waals surface area (Å²) in [7, 11) is 0. The molecule has 0 aliphatic carbocycles. The second-order valence-corrected chi connectivity index (χ2v) is 5.01. The highest BCUT2D eigenvalue weighted by molar-refractivity contribution is 5.67. The molecule has 103 valence electrons. The van der Waals surface area contributed by atoms with Crippen LogP contribution in [-0.4, -0.2) is 4.98 Å². The van der Waals surface area contributed by atoms with Crippen molar-refractivity contribution in [3.63, 3.8) is 0 Å². The van der Waals surface area contributed by atoms with Gasteiger partial charge in [0.25, 0.3) is 0 Å². The highest BCUT2D eigenvalue weighted by Crippen LogP contribution is 2.30. The number of aromatic nitrogens is 1. The Bertz CT molecular complexity index is 695. The van der Waals surface area contributed by atoms with Gasteiger partial charge in [-0.05, 0) is 28.3 Å². The van der Waals surface area contributed by atoms with E-state index in [9.17, 15) is 5.11 Å². The zero-order chi connectivity index (χ0) is 14.5. The van der Waals surface area contributed by atoms with Crippen LogP contribution in [0.15, 0.2) is 79.1 Å².